The van der Waals surface area contributed by atoms with Crippen molar-refractivity contribution in [1.82, 2.24) is 5.01 Å². The van der Waals surface area contributed by atoms with Crippen molar-refractivity contribution >= 4 is 0 Å². The van der Waals surface area contributed by atoms with Gasteiger partial charge in [0.1, 0.15) is 0 Å². The summed E-state index contributed by atoms with van der Waals surface area (Å²) < 4.78 is 0. The SMILES string of the molecule is CCCN(N)/C=C(\N)CC(C)C. The second kappa shape index (κ2) is 5.89. The lowest BCUT2D eigenvalue weighted by atomic mass is 10.1. The molecule has 0 aliphatic carbocycles. The van der Waals surface area contributed by atoms with Crippen LogP contribution in [0.25, 0.3) is 0 Å². The van der Waals surface area contributed by atoms with Gasteiger partial charge in [0.25, 0.3) is 0 Å². The number of hydrogen-bond donors (Lipinski definition) is 2. The second-order valence-electron chi connectivity index (χ2n) is 3.54. The molecular formula is C9H21N3. The number of hydrogen-bond acceptors (Lipinski definition) is 3. The second-order valence-corrected chi connectivity index (χ2v) is 3.54. The van der Waals surface area contributed by atoms with Gasteiger partial charge in [-0.25, -0.2) is 5.84 Å². The first-order valence-corrected chi connectivity index (χ1v) is 4.53. The van der Waals surface area contributed by atoms with E-state index in [1.165, 1.54) is 0 Å². The standard InChI is InChI=1S/C9H21N3/c1-4-5-12(11)7-9(10)6-8(2)3/h7-8H,4-6,10-11H2,1-3H3/b9-7-. The van der Waals surface area contributed by atoms with Gasteiger partial charge in [-0.05, 0) is 18.8 Å². The highest BCUT2D eigenvalue weighted by Gasteiger charge is 1.97. The Morgan fingerprint density at radius 2 is 2.08 bits per heavy atom. The topological polar surface area (TPSA) is 55.3 Å². The van der Waals surface area contributed by atoms with Crippen LogP contribution in [0.15, 0.2) is 11.9 Å². The molecule has 12 heavy (non-hydrogen) atoms. The maximum Gasteiger partial charge on any atom is 0.0343 e. The zero-order chi connectivity index (χ0) is 9.56. The number of allylic oxidation sites excluding steroid dienone is 1. The predicted molar refractivity (Wildman–Crippen MR) is 52.9 cm³/mol. The summed E-state index contributed by atoms with van der Waals surface area (Å²) in [6.45, 7) is 7.23. The van der Waals surface area contributed by atoms with Crippen molar-refractivity contribution in [2.75, 3.05) is 6.54 Å². The van der Waals surface area contributed by atoms with Crippen LogP contribution in [-0.2, 0) is 0 Å². The summed E-state index contributed by atoms with van der Waals surface area (Å²) in [6, 6.07) is 0. The van der Waals surface area contributed by atoms with Crippen LogP contribution in [0, 0.1) is 5.92 Å². The van der Waals surface area contributed by atoms with E-state index in [9.17, 15) is 0 Å². The molecule has 0 saturated carbocycles. The minimum atomic E-state index is 0.594. The zero-order valence-corrected chi connectivity index (χ0v) is 8.38. The monoisotopic (exact) mass is 171 g/mol. The lowest BCUT2D eigenvalue weighted by molar-refractivity contribution is 0.387. The van der Waals surface area contributed by atoms with Gasteiger partial charge in [0, 0.05) is 18.4 Å². The molecule has 0 radical (unpaired) electrons. The molecule has 3 heteroatoms. The van der Waals surface area contributed by atoms with Crippen LogP contribution in [0.4, 0.5) is 0 Å². The van der Waals surface area contributed by atoms with Crippen molar-refractivity contribution in [1.29, 1.82) is 0 Å². The molecule has 0 atom stereocenters. The van der Waals surface area contributed by atoms with Gasteiger partial charge in [0.15, 0.2) is 0 Å². The average molecular weight is 171 g/mol. The number of nitrogens with zero attached hydrogens (tertiary/aromatic N) is 1. The van der Waals surface area contributed by atoms with Crippen LogP contribution >= 0.6 is 0 Å². The third kappa shape index (κ3) is 6.04. The fraction of sp³-hybridized carbons (Fsp3) is 0.778. The Hall–Kier alpha value is -0.700. The quantitative estimate of drug-likeness (QED) is 0.486. The van der Waals surface area contributed by atoms with Gasteiger partial charge in [-0.2, -0.15) is 0 Å². The van der Waals surface area contributed by atoms with Crippen LogP contribution in [0.3, 0.4) is 0 Å². The van der Waals surface area contributed by atoms with Gasteiger partial charge < -0.3 is 10.7 Å². The Morgan fingerprint density at radius 1 is 1.50 bits per heavy atom. The molecule has 0 aromatic heterocycles. The molecule has 0 amide bonds. The molecular weight excluding hydrogens is 150 g/mol. The van der Waals surface area contributed by atoms with Crippen LogP contribution in [0.2, 0.25) is 0 Å². The molecule has 0 rings (SSSR count). The first kappa shape index (κ1) is 11.3. The fourth-order valence-corrected chi connectivity index (χ4v) is 1.06. The van der Waals surface area contributed by atoms with Gasteiger partial charge in [0.05, 0.1) is 0 Å². The van der Waals surface area contributed by atoms with Crippen LogP contribution in [-0.4, -0.2) is 11.6 Å². The summed E-state index contributed by atoms with van der Waals surface area (Å²) in [6.07, 6.45) is 3.78. The van der Waals surface area contributed by atoms with Crippen molar-refractivity contribution < 1.29 is 0 Å². The minimum absolute atomic E-state index is 0.594. The highest BCUT2D eigenvalue weighted by molar-refractivity contribution is 4.95. The third-order valence-corrected chi connectivity index (χ3v) is 1.46. The van der Waals surface area contributed by atoms with Crippen LogP contribution in [0.1, 0.15) is 33.6 Å². The molecule has 0 saturated heterocycles. The van der Waals surface area contributed by atoms with E-state index in [0.29, 0.717) is 5.92 Å². The third-order valence-electron chi connectivity index (χ3n) is 1.46. The summed E-state index contributed by atoms with van der Waals surface area (Å²) in [5.41, 5.74) is 6.61. The Labute approximate surface area is 75.4 Å². The van der Waals surface area contributed by atoms with Crippen LogP contribution < -0.4 is 11.6 Å². The number of nitrogens with two attached hydrogens (primary N) is 2. The maximum absolute atomic E-state index is 5.75. The smallest absolute Gasteiger partial charge is 0.0343 e. The largest absolute Gasteiger partial charge is 0.401 e. The molecule has 0 aromatic rings. The summed E-state index contributed by atoms with van der Waals surface area (Å²) >= 11 is 0. The molecule has 0 spiro atoms. The lowest BCUT2D eigenvalue weighted by Crippen LogP contribution is -2.27. The molecule has 0 heterocycles. The Kier molecular flexibility index (Phi) is 5.54. The molecule has 0 unspecified atom stereocenters. The molecule has 0 aromatic carbocycles. The van der Waals surface area contributed by atoms with E-state index in [-0.39, 0.29) is 0 Å². The van der Waals surface area contributed by atoms with Gasteiger partial charge in [-0.15, -0.1) is 0 Å². The van der Waals surface area contributed by atoms with Crippen molar-refractivity contribution in [3.63, 3.8) is 0 Å². The number of hydrazine groups is 1. The molecule has 0 bridgehead atoms. The van der Waals surface area contributed by atoms with E-state index < -0.39 is 0 Å². The summed E-state index contributed by atoms with van der Waals surface area (Å²) in [5, 5.41) is 1.65. The molecule has 0 aliphatic rings. The van der Waals surface area contributed by atoms with Gasteiger partial charge in [-0.1, -0.05) is 20.8 Å². The number of rotatable bonds is 5. The molecule has 4 N–H and O–H groups in total. The van der Waals surface area contributed by atoms with E-state index in [4.69, 9.17) is 11.6 Å². The van der Waals surface area contributed by atoms with Crippen molar-refractivity contribution in [3.05, 3.63) is 11.9 Å². The Morgan fingerprint density at radius 3 is 2.50 bits per heavy atom. The van der Waals surface area contributed by atoms with Crippen LogP contribution in [0.5, 0.6) is 0 Å². The van der Waals surface area contributed by atoms with E-state index >= 15 is 0 Å². The highest BCUT2D eigenvalue weighted by atomic mass is 15.4. The highest BCUT2D eigenvalue weighted by Crippen LogP contribution is 2.05. The molecule has 72 valence electrons. The average Bonchev–Trinajstić information content (AvgIpc) is 1.84. The van der Waals surface area contributed by atoms with E-state index in [1.807, 2.05) is 6.20 Å². The first-order valence-electron chi connectivity index (χ1n) is 4.53. The van der Waals surface area contributed by atoms with E-state index in [0.717, 1.165) is 25.1 Å². The summed E-state index contributed by atoms with van der Waals surface area (Å²) in [5.74, 6) is 6.23. The first-order chi connectivity index (χ1) is 5.56. The van der Waals surface area contributed by atoms with Gasteiger partial charge in [0.2, 0.25) is 0 Å². The molecule has 3 nitrogen and oxygen atoms in total. The van der Waals surface area contributed by atoms with Crippen molar-refractivity contribution in [2.45, 2.75) is 33.6 Å². The van der Waals surface area contributed by atoms with Crippen molar-refractivity contribution in [3.8, 4) is 0 Å². The Balaban J connectivity index is 3.80. The van der Waals surface area contributed by atoms with Gasteiger partial charge in [-0.3, -0.25) is 0 Å². The minimum Gasteiger partial charge on any atom is -0.401 e. The predicted octanol–water partition coefficient (Wildman–Crippen LogP) is 1.42. The normalized spacial score (nSPS) is 12.2. The lowest BCUT2D eigenvalue weighted by Gasteiger charge is -2.14. The maximum atomic E-state index is 5.75. The summed E-state index contributed by atoms with van der Waals surface area (Å²) in [4.78, 5) is 0. The summed E-state index contributed by atoms with van der Waals surface area (Å²) in [7, 11) is 0. The molecule has 0 aliphatic heterocycles. The van der Waals surface area contributed by atoms with Crippen molar-refractivity contribution in [2.24, 2.45) is 17.5 Å². The Bertz CT molecular complexity index is 141. The van der Waals surface area contributed by atoms with Gasteiger partial charge >= 0.3 is 0 Å². The molecule has 0 fully saturated rings. The van der Waals surface area contributed by atoms with E-state index in [2.05, 4.69) is 20.8 Å². The zero-order valence-electron chi connectivity index (χ0n) is 8.38. The fourth-order valence-electron chi connectivity index (χ4n) is 1.06. The van der Waals surface area contributed by atoms with E-state index in [1.54, 1.807) is 5.01 Å².